The molecule has 0 N–H and O–H groups in total. The molecule has 8 aromatic carbocycles. The van der Waals surface area contributed by atoms with Crippen molar-refractivity contribution in [2.45, 2.75) is 42.9 Å². The third kappa shape index (κ3) is 4.64. The molecule has 0 amide bonds. The van der Waals surface area contributed by atoms with E-state index in [1.54, 1.807) is 11.1 Å². The molecule has 14 rings (SSSR count). The van der Waals surface area contributed by atoms with Gasteiger partial charge in [-0.25, -0.2) is 0 Å². The highest BCUT2D eigenvalue weighted by molar-refractivity contribution is 5.96. The second-order valence-corrected chi connectivity index (χ2v) is 18.4. The molecule has 288 valence electrons. The number of fused-ring (bicyclic) bond motifs is 6. The van der Waals surface area contributed by atoms with E-state index in [-0.39, 0.29) is 5.41 Å². The SMILES string of the molecule is c1ccc(-c2cccc3c2-c2ccccc2C3(c2ccccc2)c2cccc(N(c3ccccc3)c3ccc4c(c3)C3(c5ccccc5-4)C4CC5CC(C4)CC3C5)c2)cc1. The van der Waals surface area contributed by atoms with E-state index in [0.717, 1.165) is 11.8 Å². The van der Waals surface area contributed by atoms with E-state index in [4.69, 9.17) is 0 Å². The summed E-state index contributed by atoms with van der Waals surface area (Å²) in [5.41, 5.74) is 19.7. The predicted octanol–water partition coefficient (Wildman–Crippen LogP) is 14.9. The van der Waals surface area contributed by atoms with Gasteiger partial charge < -0.3 is 4.90 Å². The van der Waals surface area contributed by atoms with Crippen molar-refractivity contribution in [3.63, 3.8) is 0 Å². The van der Waals surface area contributed by atoms with Crippen molar-refractivity contribution in [2.24, 2.45) is 23.7 Å². The summed E-state index contributed by atoms with van der Waals surface area (Å²) in [5.74, 6) is 3.25. The van der Waals surface area contributed by atoms with E-state index in [1.807, 2.05) is 0 Å². The average Bonchev–Trinajstić information content (AvgIpc) is 3.77. The number of hydrogen-bond donors (Lipinski definition) is 0. The average molecular weight is 770 g/mol. The molecule has 60 heavy (non-hydrogen) atoms. The van der Waals surface area contributed by atoms with E-state index in [1.165, 1.54) is 105 Å². The van der Waals surface area contributed by atoms with Gasteiger partial charge in [0, 0.05) is 22.5 Å². The van der Waals surface area contributed by atoms with Crippen LogP contribution in [0, 0.1) is 23.7 Å². The summed E-state index contributed by atoms with van der Waals surface area (Å²) in [4.78, 5) is 2.54. The zero-order valence-electron chi connectivity index (χ0n) is 33.8. The molecule has 1 unspecified atom stereocenters. The minimum absolute atomic E-state index is 0.102. The van der Waals surface area contributed by atoms with Crippen LogP contribution in [-0.2, 0) is 10.8 Å². The van der Waals surface area contributed by atoms with Crippen molar-refractivity contribution in [3.05, 3.63) is 234 Å². The zero-order valence-corrected chi connectivity index (χ0v) is 33.8. The van der Waals surface area contributed by atoms with Crippen molar-refractivity contribution >= 4 is 17.1 Å². The second kappa shape index (κ2) is 13.0. The van der Waals surface area contributed by atoms with Crippen molar-refractivity contribution in [1.82, 2.24) is 0 Å². The number of benzene rings is 8. The van der Waals surface area contributed by atoms with Gasteiger partial charge in [0.1, 0.15) is 0 Å². The van der Waals surface area contributed by atoms with Crippen molar-refractivity contribution < 1.29 is 0 Å². The molecule has 4 bridgehead atoms. The topological polar surface area (TPSA) is 3.24 Å². The summed E-state index contributed by atoms with van der Waals surface area (Å²) < 4.78 is 0. The summed E-state index contributed by atoms with van der Waals surface area (Å²) in [7, 11) is 0. The molecule has 1 heteroatoms. The van der Waals surface area contributed by atoms with Crippen LogP contribution in [0.1, 0.15) is 65.5 Å². The number of hydrogen-bond acceptors (Lipinski definition) is 1. The van der Waals surface area contributed by atoms with E-state index in [9.17, 15) is 0 Å². The summed E-state index contributed by atoms with van der Waals surface area (Å²) in [5, 5.41) is 0. The summed E-state index contributed by atoms with van der Waals surface area (Å²) >= 11 is 0. The van der Waals surface area contributed by atoms with Crippen LogP contribution in [0.2, 0.25) is 0 Å². The minimum Gasteiger partial charge on any atom is -0.310 e. The Morgan fingerprint density at radius 3 is 1.63 bits per heavy atom. The van der Waals surface area contributed by atoms with Crippen LogP contribution in [0.3, 0.4) is 0 Å². The molecular weight excluding hydrogens is 723 g/mol. The number of nitrogens with zero attached hydrogens (tertiary/aromatic N) is 1. The van der Waals surface area contributed by atoms with Crippen LogP contribution in [0.4, 0.5) is 17.1 Å². The molecule has 6 aliphatic carbocycles. The van der Waals surface area contributed by atoms with Crippen LogP contribution in [0.15, 0.2) is 200 Å². The Hall–Kier alpha value is -6.44. The van der Waals surface area contributed by atoms with Crippen LogP contribution in [-0.4, -0.2) is 0 Å². The molecule has 8 aromatic rings. The lowest BCUT2D eigenvalue weighted by atomic mass is 9.43. The molecule has 1 nitrogen and oxygen atoms in total. The van der Waals surface area contributed by atoms with Crippen molar-refractivity contribution in [2.75, 3.05) is 4.90 Å². The Morgan fingerprint density at radius 2 is 0.883 bits per heavy atom. The largest absolute Gasteiger partial charge is 0.310 e. The maximum atomic E-state index is 2.64. The van der Waals surface area contributed by atoms with Crippen LogP contribution in [0.25, 0.3) is 33.4 Å². The highest BCUT2D eigenvalue weighted by Gasteiger charge is 2.61. The molecule has 0 aromatic heterocycles. The highest BCUT2D eigenvalue weighted by atomic mass is 15.1. The normalized spacial score (nSPS) is 24.8. The fourth-order valence-electron chi connectivity index (χ4n) is 13.8. The molecule has 4 fully saturated rings. The first-order valence-electron chi connectivity index (χ1n) is 22.3. The summed E-state index contributed by atoms with van der Waals surface area (Å²) in [6, 6.07) is 75.9. The smallest absolute Gasteiger partial charge is 0.0714 e. The van der Waals surface area contributed by atoms with E-state index in [2.05, 4.69) is 205 Å². The van der Waals surface area contributed by atoms with Crippen LogP contribution < -0.4 is 4.90 Å². The minimum atomic E-state index is -0.527. The van der Waals surface area contributed by atoms with Crippen molar-refractivity contribution in [3.8, 4) is 33.4 Å². The Morgan fingerprint density at radius 1 is 0.350 bits per heavy atom. The van der Waals surface area contributed by atoms with Crippen molar-refractivity contribution in [1.29, 1.82) is 0 Å². The van der Waals surface area contributed by atoms with E-state index >= 15 is 0 Å². The Bertz CT molecular complexity index is 2920. The molecule has 0 saturated heterocycles. The summed E-state index contributed by atoms with van der Waals surface area (Å²) in [6.07, 6.45) is 6.98. The highest BCUT2D eigenvalue weighted by Crippen LogP contribution is 2.70. The Balaban J connectivity index is 1.04. The van der Waals surface area contributed by atoms with Gasteiger partial charge in [-0.15, -0.1) is 0 Å². The first kappa shape index (κ1) is 34.4. The number of anilines is 3. The Labute approximate surface area is 354 Å². The first-order valence-corrected chi connectivity index (χ1v) is 22.3. The Kier molecular flexibility index (Phi) is 7.48. The first-order chi connectivity index (χ1) is 29.7. The van der Waals surface area contributed by atoms with Gasteiger partial charge in [-0.05, 0) is 159 Å². The fourth-order valence-corrected chi connectivity index (χ4v) is 13.8. The molecule has 0 aliphatic heterocycles. The van der Waals surface area contributed by atoms with Crippen LogP contribution >= 0.6 is 0 Å². The number of para-hydroxylation sites is 1. The second-order valence-electron chi connectivity index (χ2n) is 18.4. The lowest BCUT2D eigenvalue weighted by molar-refractivity contribution is -0.0399. The maximum Gasteiger partial charge on any atom is 0.0714 e. The van der Waals surface area contributed by atoms with Gasteiger partial charge in [0.15, 0.2) is 0 Å². The lowest BCUT2D eigenvalue weighted by Gasteiger charge is -2.61. The maximum absolute atomic E-state index is 2.64. The molecule has 0 heterocycles. The van der Waals surface area contributed by atoms with Gasteiger partial charge in [0.05, 0.1) is 5.41 Å². The van der Waals surface area contributed by atoms with Gasteiger partial charge in [-0.2, -0.15) is 0 Å². The van der Waals surface area contributed by atoms with E-state index < -0.39 is 5.41 Å². The van der Waals surface area contributed by atoms with E-state index in [0.29, 0.717) is 11.8 Å². The standard InChI is InChI=1S/C59H47N/c1-4-16-41(17-5-1)49-26-15-29-55-57(49)52-25-11-13-28-54(52)58(55,42-18-6-2-7-19-42)43-20-14-23-47(37-43)60(46-21-8-3-9-22-46)48-30-31-51-50-24-10-12-27-53(50)59(56(51)38-48)44-33-39-32-40(35-44)36-45(59)34-39/h1-31,37-40,44-45H,32-36H2. The molecular formula is C59H47N. The van der Waals surface area contributed by atoms with Crippen LogP contribution in [0.5, 0.6) is 0 Å². The fraction of sp³-hybridized carbons (Fsp3) is 0.186. The third-order valence-corrected chi connectivity index (χ3v) is 15.7. The molecule has 1 spiro atoms. The van der Waals surface area contributed by atoms with Gasteiger partial charge in [-0.3, -0.25) is 0 Å². The van der Waals surface area contributed by atoms with Gasteiger partial charge in [-0.1, -0.05) is 164 Å². The zero-order chi connectivity index (χ0) is 39.4. The quantitative estimate of drug-likeness (QED) is 0.163. The third-order valence-electron chi connectivity index (χ3n) is 15.7. The van der Waals surface area contributed by atoms with Gasteiger partial charge >= 0.3 is 0 Å². The molecule has 4 saturated carbocycles. The molecule has 1 atom stereocenters. The predicted molar refractivity (Wildman–Crippen MR) is 247 cm³/mol. The lowest BCUT2D eigenvalue weighted by Crippen LogP contribution is -2.55. The van der Waals surface area contributed by atoms with Gasteiger partial charge in [0.25, 0.3) is 0 Å². The number of rotatable bonds is 6. The summed E-state index contributed by atoms with van der Waals surface area (Å²) in [6.45, 7) is 0. The van der Waals surface area contributed by atoms with Gasteiger partial charge in [0.2, 0.25) is 0 Å². The monoisotopic (exact) mass is 769 g/mol. The molecule has 0 radical (unpaired) electrons. The molecule has 6 aliphatic rings.